The zero-order chi connectivity index (χ0) is 30.3. The van der Waals surface area contributed by atoms with Crippen LogP contribution in [0.4, 0.5) is 0 Å². The van der Waals surface area contributed by atoms with Crippen LogP contribution in [0.5, 0.6) is 0 Å². The minimum absolute atomic E-state index is 0.0767. The van der Waals surface area contributed by atoms with Gasteiger partial charge in [0.2, 0.25) is 6.29 Å². The Morgan fingerprint density at radius 2 is 1.61 bits per heavy atom. The van der Waals surface area contributed by atoms with Crippen molar-refractivity contribution >= 4 is 23.9 Å². The highest BCUT2D eigenvalue weighted by molar-refractivity contribution is 5.82. The summed E-state index contributed by atoms with van der Waals surface area (Å²) in [5.74, 6) is -3.52. The average molecular weight is 579 g/mol. The minimum Gasteiger partial charge on any atom is -0.462 e. The lowest BCUT2D eigenvalue weighted by atomic mass is 9.61. The fourth-order valence-electron chi connectivity index (χ4n) is 8.20. The number of carbonyl (C=O) groups excluding carboxylic acids is 4. The van der Waals surface area contributed by atoms with E-state index in [0.717, 1.165) is 0 Å². The topological polar surface area (TPSA) is 155 Å². The summed E-state index contributed by atoms with van der Waals surface area (Å²) in [6.45, 7) is 11.6. The van der Waals surface area contributed by atoms with Crippen molar-refractivity contribution in [3.63, 3.8) is 0 Å². The SMILES string of the molecule is CC(C)CC(=O)OC1OC=C2C3OC(=O)C4(C)C(CC25C1CC(OC(=O)CC(C)(C)O)C45)C3OC(=O)CC(C)(C)O. The summed E-state index contributed by atoms with van der Waals surface area (Å²) in [6.07, 6.45) is -1.60. The van der Waals surface area contributed by atoms with Gasteiger partial charge >= 0.3 is 23.9 Å². The number of hydrogen-bond donors (Lipinski definition) is 2. The first-order valence-electron chi connectivity index (χ1n) is 14.5. The Kier molecular flexibility index (Phi) is 7.05. The van der Waals surface area contributed by atoms with Gasteiger partial charge in [-0.25, -0.2) is 0 Å². The molecule has 41 heavy (non-hydrogen) atoms. The van der Waals surface area contributed by atoms with Gasteiger partial charge in [-0.15, -0.1) is 0 Å². The molecule has 9 unspecified atom stereocenters. The van der Waals surface area contributed by atoms with Crippen molar-refractivity contribution in [2.75, 3.05) is 0 Å². The Hall–Kier alpha value is -2.66. The molecule has 228 valence electrons. The molecule has 5 aliphatic rings. The lowest BCUT2D eigenvalue weighted by Gasteiger charge is -2.51. The summed E-state index contributed by atoms with van der Waals surface area (Å²) < 4.78 is 29.7. The van der Waals surface area contributed by atoms with Gasteiger partial charge in [-0.1, -0.05) is 13.8 Å². The highest BCUT2D eigenvalue weighted by Gasteiger charge is 2.83. The summed E-state index contributed by atoms with van der Waals surface area (Å²) in [4.78, 5) is 52.3. The molecule has 3 saturated carbocycles. The van der Waals surface area contributed by atoms with Crippen molar-refractivity contribution in [3.05, 3.63) is 11.8 Å². The molecule has 3 aliphatic carbocycles. The molecule has 1 spiro atoms. The van der Waals surface area contributed by atoms with Crippen molar-refractivity contribution < 1.29 is 53.1 Å². The van der Waals surface area contributed by atoms with E-state index in [1.807, 2.05) is 13.8 Å². The number of ether oxygens (including phenoxy) is 5. The first-order valence-corrected chi connectivity index (χ1v) is 14.5. The van der Waals surface area contributed by atoms with Gasteiger partial charge in [0.05, 0.1) is 35.7 Å². The van der Waals surface area contributed by atoms with E-state index in [9.17, 15) is 29.4 Å². The second-order valence-electron chi connectivity index (χ2n) is 14.4. The van der Waals surface area contributed by atoms with E-state index in [1.165, 1.54) is 34.0 Å². The summed E-state index contributed by atoms with van der Waals surface area (Å²) in [5, 5.41) is 20.4. The summed E-state index contributed by atoms with van der Waals surface area (Å²) in [7, 11) is 0. The zero-order valence-electron chi connectivity index (χ0n) is 24.8. The van der Waals surface area contributed by atoms with Gasteiger partial charge in [-0.05, 0) is 53.4 Å². The molecular formula is C30H42O11. The quantitative estimate of drug-likeness (QED) is 0.306. The maximum atomic E-state index is 13.7. The van der Waals surface area contributed by atoms with E-state index < -0.39 is 88.3 Å². The van der Waals surface area contributed by atoms with Crippen LogP contribution in [0.2, 0.25) is 0 Å². The maximum Gasteiger partial charge on any atom is 0.313 e. The zero-order valence-corrected chi connectivity index (χ0v) is 24.8. The van der Waals surface area contributed by atoms with Crippen molar-refractivity contribution in [2.45, 2.75) is 116 Å². The van der Waals surface area contributed by atoms with Gasteiger partial charge in [0, 0.05) is 35.2 Å². The van der Waals surface area contributed by atoms with Crippen molar-refractivity contribution in [3.8, 4) is 0 Å². The van der Waals surface area contributed by atoms with Crippen LogP contribution in [0.1, 0.15) is 80.6 Å². The smallest absolute Gasteiger partial charge is 0.313 e. The van der Waals surface area contributed by atoms with E-state index in [0.29, 0.717) is 12.0 Å². The van der Waals surface area contributed by atoms with E-state index in [-0.39, 0.29) is 31.6 Å². The number of esters is 4. The van der Waals surface area contributed by atoms with E-state index >= 15 is 0 Å². The third kappa shape index (κ3) is 4.92. The first-order chi connectivity index (χ1) is 18.9. The van der Waals surface area contributed by atoms with Crippen LogP contribution >= 0.6 is 0 Å². The van der Waals surface area contributed by atoms with Crippen LogP contribution in [-0.4, -0.2) is 69.9 Å². The van der Waals surface area contributed by atoms with Crippen LogP contribution < -0.4 is 0 Å². The average Bonchev–Trinajstić information content (AvgIpc) is 3.19. The van der Waals surface area contributed by atoms with E-state index in [1.54, 1.807) is 6.92 Å². The molecule has 0 radical (unpaired) electrons. The molecule has 2 N–H and O–H groups in total. The number of fused-ring (bicyclic) bond motifs is 3. The minimum atomic E-state index is -1.30. The molecule has 3 bridgehead atoms. The molecule has 4 fully saturated rings. The fourth-order valence-corrected chi connectivity index (χ4v) is 8.20. The molecule has 0 amide bonds. The maximum absolute atomic E-state index is 13.7. The van der Waals surface area contributed by atoms with E-state index in [2.05, 4.69) is 0 Å². The van der Waals surface area contributed by atoms with Crippen molar-refractivity contribution in [1.82, 2.24) is 0 Å². The summed E-state index contributed by atoms with van der Waals surface area (Å²) in [6, 6.07) is 0. The van der Waals surface area contributed by atoms with Gasteiger partial charge in [0.15, 0.2) is 6.10 Å². The van der Waals surface area contributed by atoms with Crippen molar-refractivity contribution in [2.24, 2.45) is 34.5 Å². The van der Waals surface area contributed by atoms with Gasteiger partial charge in [0.1, 0.15) is 12.2 Å². The standard InChI is InChI=1S/C30H42O11/c1-14(2)8-19(31)40-25-15-9-18(38-20(32)11-27(3,4)35)24-29(7)16-10-30(15,24)17(13-37-25)23(41-26(29)34)22(16)39-21(33)12-28(5,6)36/h13-16,18,22-25,35-36H,8-12H2,1-7H3. The molecule has 2 aliphatic heterocycles. The Morgan fingerprint density at radius 3 is 2.20 bits per heavy atom. The Balaban J connectivity index is 1.55. The second-order valence-corrected chi connectivity index (χ2v) is 14.4. The Morgan fingerprint density at radius 1 is 1.00 bits per heavy atom. The van der Waals surface area contributed by atoms with Crippen LogP contribution in [0.3, 0.4) is 0 Å². The van der Waals surface area contributed by atoms with Gasteiger partial charge < -0.3 is 33.9 Å². The lowest BCUT2D eigenvalue weighted by Crippen LogP contribution is -2.59. The fraction of sp³-hybridized carbons (Fsp3) is 0.800. The van der Waals surface area contributed by atoms with Gasteiger partial charge in [-0.3, -0.25) is 19.2 Å². The Bertz CT molecular complexity index is 1160. The number of carbonyl (C=O) groups is 4. The predicted molar refractivity (Wildman–Crippen MR) is 140 cm³/mol. The van der Waals surface area contributed by atoms with Crippen LogP contribution in [-0.2, 0) is 42.9 Å². The normalized spacial score (nSPS) is 38.5. The molecule has 11 nitrogen and oxygen atoms in total. The lowest BCUT2D eigenvalue weighted by molar-refractivity contribution is -0.214. The molecule has 2 heterocycles. The van der Waals surface area contributed by atoms with Crippen molar-refractivity contribution in [1.29, 1.82) is 0 Å². The largest absolute Gasteiger partial charge is 0.462 e. The molecule has 0 aromatic carbocycles. The van der Waals surface area contributed by atoms with E-state index in [4.69, 9.17) is 23.7 Å². The molecule has 9 atom stereocenters. The third-order valence-electron chi connectivity index (χ3n) is 9.45. The molecular weight excluding hydrogens is 536 g/mol. The first kappa shape index (κ1) is 29.8. The number of aliphatic hydroxyl groups is 2. The second kappa shape index (κ2) is 9.69. The highest BCUT2D eigenvalue weighted by atomic mass is 16.7. The van der Waals surface area contributed by atoms with Crippen LogP contribution in [0, 0.1) is 34.5 Å². The van der Waals surface area contributed by atoms with Gasteiger partial charge in [-0.2, -0.15) is 0 Å². The summed E-state index contributed by atoms with van der Waals surface area (Å²) in [5.41, 5.74) is -3.92. The third-order valence-corrected chi connectivity index (χ3v) is 9.45. The molecule has 11 heteroatoms. The predicted octanol–water partition coefficient (Wildman–Crippen LogP) is 2.55. The summed E-state index contributed by atoms with van der Waals surface area (Å²) >= 11 is 0. The Labute approximate surface area is 239 Å². The highest BCUT2D eigenvalue weighted by Crippen LogP contribution is 2.77. The van der Waals surface area contributed by atoms with Crippen LogP contribution in [0.25, 0.3) is 0 Å². The molecule has 1 saturated heterocycles. The molecule has 0 aromatic heterocycles. The monoisotopic (exact) mass is 578 g/mol. The van der Waals surface area contributed by atoms with Crippen LogP contribution in [0.15, 0.2) is 11.8 Å². The number of hydrogen-bond acceptors (Lipinski definition) is 11. The van der Waals surface area contributed by atoms with Gasteiger partial charge in [0.25, 0.3) is 0 Å². The molecule has 0 aromatic rings. The molecule has 5 rings (SSSR count). The number of rotatable bonds is 9.